The van der Waals surface area contributed by atoms with Gasteiger partial charge in [-0.2, -0.15) is 0 Å². The van der Waals surface area contributed by atoms with Crippen molar-refractivity contribution in [2.45, 2.75) is 38.1 Å². The lowest BCUT2D eigenvalue weighted by Crippen LogP contribution is -2.41. The Hall–Kier alpha value is -1.64. The van der Waals surface area contributed by atoms with Gasteiger partial charge in [-0.3, -0.25) is 14.5 Å². The molecule has 3 nitrogen and oxygen atoms in total. The van der Waals surface area contributed by atoms with E-state index < -0.39 is 0 Å². The van der Waals surface area contributed by atoms with E-state index in [0.717, 1.165) is 25.7 Å². The Kier molecular flexibility index (Phi) is 5.40. The second-order valence-electron chi connectivity index (χ2n) is 4.14. The van der Waals surface area contributed by atoms with Gasteiger partial charge < -0.3 is 0 Å². The van der Waals surface area contributed by atoms with Crippen LogP contribution in [0.4, 0.5) is 0 Å². The normalized spacial score (nSPS) is 19.9. The van der Waals surface area contributed by atoms with E-state index in [4.69, 9.17) is 0 Å². The molecular formula is C14H19NO2. The van der Waals surface area contributed by atoms with Crippen LogP contribution in [-0.4, -0.2) is 22.8 Å². The van der Waals surface area contributed by atoms with Gasteiger partial charge in [0.1, 0.15) is 0 Å². The van der Waals surface area contributed by atoms with E-state index >= 15 is 0 Å². The van der Waals surface area contributed by atoms with Crippen LogP contribution in [0.5, 0.6) is 0 Å². The monoisotopic (exact) mass is 233 g/mol. The summed E-state index contributed by atoms with van der Waals surface area (Å²) in [7, 11) is 0. The number of rotatable bonds is 2. The van der Waals surface area contributed by atoms with Gasteiger partial charge in [0, 0.05) is 18.2 Å². The van der Waals surface area contributed by atoms with Crippen LogP contribution in [0.3, 0.4) is 0 Å². The number of carbonyl (C=O) groups excluding carboxylic acids is 2. The molecule has 1 aliphatic heterocycles. The summed E-state index contributed by atoms with van der Waals surface area (Å²) in [6, 6.07) is 0.170. The van der Waals surface area contributed by atoms with E-state index in [1.807, 2.05) is 0 Å². The summed E-state index contributed by atoms with van der Waals surface area (Å²) in [5.41, 5.74) is 0. The zero-order valence-corrected chi connectivity index (χ0v) is 10.1. The summed E-state index contributed by atoms with van der Waals surface area (Å²) in [5.74, 6) is -0.256. The average molecular weight is 233 g/mol. The molecule has 92 valence electrons. The highest BCUT2D eigenvalue weighted by molar-refractivity contribution is 6.13. The molecular weight excluding hydrogens is 214 g/mol. The molecule has 0 N–H and O–H groups in total. The molecule has 0 bridgehead atoms. The maximum Gasteiger partial charge on any atom is 0.253 e. The zero-order valence-electron chi connectivity index (χ0n) is 10.1. The first-order valence-electron chi connectivity index (χ1n) is 5.99. The largest absolute Gasteiger partial charge is 0.272 e. The second-order valence-corrected chi connectivity index (χ2v) is 4.14. The van der Waals surface area contributed by atoms with E-state index in [1.54, 1.807) is 12.2 Å². The first kappa shape index (κ1) is 13.4. The maximum atomic E-state index is 11.3. The third-order valence-electron chi connectivity index (χ3n) is 2.95. The molecule has 0 atom stereocenters. The van der Waals surface area contributed by atoms with E-state index in [1.165, 1.54) is 23.5 Å². The summed E-state index contributed by atoms with van der Waals surface area (Å²) in [4.78, 5) is 24.0. The summed E-state index contributed by atoms with van der Waals surface area (Å²) in [6.45, 7) is 6.72. The van der Waals surface area contributed by atoms with Gasteiger partial charge in [0.05, 0.1) is 0 Å². The number of allylic oxidation sites excluding steroid dienone is 2. The minimum atomic E-state index is -0.128. The first-order valence-corrected chi connectivity index (χ1v) is 5.99. The summed E-state index contributed by atoms with van der Waals surface area (Å²) < 4.78 is 0. The topological polar surface area (TPSA) is 37.4 Å². The van der Waals surface area contributed by atoms with E-state index in [-0.39, 0.29) is 17.9 Å². The van der Waals surface area contributed by atoms with Crippen molar-refractivity contribution in [3.05, 3.63) is 37.5 Å². The lowest BCUT2D eigenvalue weighted by molar-refractivity contribution is -0.140. The third-order valence-corrected chi connectivity index (χ3v) is 2.95. The molecule has 0 aromatic rings. The standard InChI is InChI=1S/C10H13NO2.C4H6/c12-9-6-7-10(13)11(9)8-4-2-1-3-5-8;1-3-4-2/h6-8H,1-5H2;3-4H,1-2H2. The molecule has 3 heteroatoms. The molecule has 0 aromatic carbocycles. The van der Waals surface area contributed by atoms with Gasteiger partial charge in [-0.05, 0) is 12.8 Å². The highest BCUT2D eigenvalue weighted by Crippen LogP contribution is 2.24. The van der Waals surface area contributed by atoms with Gasteiger partial charge >= 0.3 is 0 Å². The van der Waals surface area contributed by atoms with Crippen molar-refractivity contribution >= 4 is 11.8 Å². The highest BCUT2D eigenvalue weighted by atomic mass is 16.2. The summed E-state index contributed by atoms with van der Waals surface area (Å²) in [5, 5.41) is 0. The maximum absolute atomic E-state index is 11.3. The fourth-order valence-electron chi connectivity index (χ4n) is 2.11. The van der Waals surface area contributed by atoms with Crippen molar-refractivity contribution < 1.29 is 9.59 Å². The van der Waals surface area contributed by atoms with Crippen LogP contribution in [0.1, 0.15) is 32.1 Å². The molecule has 2 aliphatic rings. The second kappa shape index (κ2) is 6.84. The lowest BCUT2D eigenvalue weighted by atomic mass is 9.94. The number of amides is 2. The number of hydrogen-bond donors (Lipinski definition) is 0. The van der Waals surface area contributed by atoms with Gasteiger partial charge in [-0.15, -0.1) is 0 Å². The minimum Gasteiger partial charge on any atom is -0.272 e. The molecule has 1 heterocycles. The Bertz CT molecular complexity index is 314. The number of imide groups is 1. The molecule has 0 radical (unpaired) electrons. The fourth-order valence-corrected chi connectivity index (χ4v) is 2.11. The third kappa shape index (κ3) is 3.70. The summed E-state index contributed by atoms with van der Waals surface area (Å²) in [6.07, 6.45) is 11.5. The fraction of sp³-hybridized carbons (Fsp3) is 0.429. The van der Waals surface area contributed by atoms with E-state index in [9.17, 15) is 9.59 Å². The zero-order chi connectivity index (χ0) is 12.7. The van der Waals surface area contributed by atoms with Crippen LogP contribution in [0.2, 0.25) is 0 Å². The van der Waals surface area contributed by atoms with E-state index in [2.05, 4.69) is 13.2 Å². The van der Waals surface area contributed by atoms with Crippen molar-refractivity contribution in [3.8, 4) is 0 Å². The first-order chi connectivity index (χ1) is 8.20. The van der Waals surface area contributed by atoms with Crippen molar-refractivity contribution in [1.82, 2.24) is 4.90 Å². The molecule has 1 aliphatic carbocycles. The van der Waals surface area contributed by atoms with Crippen LogP contribution in [0, 0.1) is 0 Å². The number of carbonyl (C=O) groups is 2. The molecule has 2 rings (SSSR count). The van der Waals surface area contributed by atoms with Gasteiger partial charge in [-0.25, -0.2) is 0 Å². The smallest absolute Gasteiger partial charge is 0.253 e. The van der Waals surface area contributed by atoms with Crippen LogP contribution in [0.25, 0.3) is 0 Å². The highest BCUT2D eigenvalue weighted by Gasteiger charge is 2.31. The average Bonchev–Trinajstić information content (AvgIpc) is 2.70. The molecule has 0 unspecified atom stereocenters. The molecule has 0 saturated heterocycles. The van der Waals surface area contributed by atoms with Gasteiger partial charge in [-0.1, -0.05) is 44.6 Å². The molecule has 1 saturated carbocycles. The van der Waals surface area contributed by atoms with Crippen LogP contribution in [0.15, 0.2) is 37.5 Å². The molecule has 0 aromatic heterocycles. The summed E-state index contributed by atoms with van der Waals surface area (Å²) >= 11 is 0. The lowest BCUT2D eigenvalue weighted by Gasteiger charge is -2.29. The molecule has 2 amide bonds. The van der Waals surface area contributed by atoms with E-state index in [0.29, 0.717) is 0 Å². The van der Waals surface area contributed by atoms with Crippen molar-refractivity contribution in [3.63, 3.8) is 0 Å². The predicted molar refractivity (Wildman–Crippen MR) is 68.3 cm³/mol. The van der Waals surface area contributed by atoms with Gasteiger partial charge in [0.15, 0.2) is 0 Å². The Labute approximate surface area is 102 Å². The van der Waals surface area contributed by atoms with Crippen LogP contribution < -0.4 is 0 Å². The van der Waals surface area contributed by atoms with Gasteiger partial charge in [0.2, 0.25) is 0 Å². The molecule has 0 spiro atoms. The Morgan fingerprint density at radius 3 is 1.88 bits per heavy atom. The quantitative estimate of drug-likeness (QED) is 0.543. The number of hydrogen-bond acceptors (Lipinski definition) is 2. The van der Waals surface area contributed by atoms with Gasteiger partial charge in [0.25, 0.3) is 11.8 Å². The predicted octanol–water partition coefficient (Wildman–Crippen LogP) is 2.60. The Morgan fingerprint density at radius 2 is 1.47 bits per heavy atom. The van der Waals surface area contributed by atoms with Crippen LogP contribution in [-0.2, 0) is 9.59 Å². The SMILES string of the molecule is C=CC=C.O=C1C=CC(=O)N1C1CCCCC1. The minimum absolute atomic E-state index is 0.128. The Morgan fingerprint density at radius 1 is 1.00 bits per heavy atom. The van der Waals surface area contributed by atoms with Crippen molar-refractivity contribution in [2.24, 2.45) is 0 Å². The van der Waals surface area contributed by atoms with Crippen molar-refractivity contribution in [1.29, 1.82) is 0 Å². The molecule has 1 fully saturated rings. The number of nitrogens with zero attached hydrogens (tertiary/aromatic N) is 1. The Balaban J connectivity index is 0.000000317. The molecule has 17 heavy (non-hydrogen) atoms. The van der Waals surface area contributed by atoms with Crippen LogP contribution >= 0.6 is 0 Å². The van der Waals surface area contributed by atoms with Crippen molar-refractivity contribution in [2.75, 3.05) is 0 Å².